The summed E-state index contributed by atoms with van der Waals surface area (Å²) in [5.74, 6) is -1.52. The average molecular weight is 224 g/mol. The summed E-state index contributed by atoms with van der Waals surface area (Å²) in [5.41, 5.74) is 0. The molecule has 15 heavy (non-hydrogen) atoms. The first kappa shape index (κ1) is 13.9. The summed E-state index contributed by atoms with van der Waals surface area (Å²) >= 11 is 0. The molecule has 0 radical (unpaired) electrons. The van der Waals surface area contributed by atoms with Crippen LogP contribution in [0.5, 0.6) is 0 Å². The van der Waals surface area contributed by atoms with Crippen molar-refractivity contribution in [2.75, 3.05) is 0 Å². The van der Waals surface area contributed by atoms with Gasteiger partial charge in [0.15, 0.2) is 12.4 Å². The topological polar surface area (TPSA) is 145 Å². The predicted octanol–water partition coefficient (Wildman–Crippen LogP) is -3.31. The van der Waals surface area contributed by atoms with Crippen molar-refractivity contribution in [1.29, 1.82) is 0 Å². The fourth-order valence-electron chi connectivity index (χ4n) is 1.07. The zero-order valence-electron chi connectivity index (χ0n) is 7.55. The molecule has 0 spiro atoms. The Morgan fingerprint density at radius 1 is 1.00 bits per heavy atom. The van der Waals surface area contributed by atoms with Crippen molar-refractivity contribution in [2.24, 2.45) is 0 Å². The van der Waals surface area contributed by atoms with Gasteiger partial charge < -0.3 is 35.1 Å². The molecule has 0 aromatic heterocycles. The van der Waals surface area contributed by atoms with Crippen LogP contribution in [0.3, 0.4) is 0 Å². The molecule has 1 rings (SSSR count). The van der Waals surface area contributed by atoms with Gasteiger partial charge in [-0.1, -0.05) is 0 Å². The Balaban J connectivity index is 0.000000921. The Labute approximate surface area is 84.3 Å². The van der Waals surface area contributed by atoms with Crippen LogP contribution in [0.1, 0.15) is 0 Å². The summed E-state index contributed by atoms with van der Waals surface area (Å²) in [7, 11) is 0. The van der Waals surface area contributed by atoms with Crippen molar-refractivity contribution in [3.8, 4) is 0 Å². The molecule has 8 heteroatoms. The van der Waals surface area contributed by atoms with Gasteiger partial charge in [0.05, 0.1) is 0 Å². The first-order chi connectivity index (χ1) is 6.95. The molecule has 5 N–H and O–H groups in total. The van der Waals surface area contributed by atoms with Gasteiger partial charge in [0.2, 0.25) is 0 Å². The zero-order chi connectivity index (χ0) is 12.2. The molecule has 1 aliphatic rings. The summed E-state index contributed by atoms with van der Waals surface area (Å²) in [6.45, 7) is 2.00. The summed E-state index contributed by atoms with van der Waals surface area (Å²) < 4.78 is 4.34. The van der Waals surface area contributed by atoms with Gasteiger partial charge in [-0.05, 0) is 0 Å². The number of carboxylic acid groups (broad SMARTS) is 1. The van der Waals surface area contributed by atoms with Gasteiger partial charge in [0.1, 0.15) is 25.1 Å². The van der Waals surface area contributed by atoms with E-state index in [-0.39, 0.29) is 0 Å². The van der Waals surface area contributed by atoms with Crippen molar-refractivity contribution in [2.45, 2.75) is 30.7 Å². The van der Waals surface area contributed by atoms with Gasteiger partial charge in [-0.2, -0.15) is 0 Å². The maximum atomic E-state index is 10.4. The monoisotopic (exact) mass is 224 g/mol. The molecule has 8 nitrogen and oxygen atoms in total. The molecule has 0 aromatic carbocycles. The van der Waals surface area contributed by atoms with Crippen LogP contribution in [0.2, 0.25) is 0 Å². The second-order valence-corrected chi connectivity index (χ2v) is 2.76. The summed E-state index contributed by atoms with van der Waals surface area (Å²) in [5, 5.41) is 44.4. The Kier molecular flexibility index (Phi) is 5.33. The van der Waals surface area contributed by atoms with Crippen LogP contribution < -0.4 is 0 Å². The molecule has 1 fully saturated rings. The van der Waals surface area contributed by atoms with E-state index in [9.17, 15) is 4.79 Å². The van der Waals surface area contributed by atoms with E-state index in [0.29, 0.717) is 0 Å². The number of hydrogen-bond acceptors (Lipinski definition) is 7. The normalized spacial score (nSPS) is 40.1. The Bertz CT molecular complexity index is 219. The summed E-state index contributed by atoms with van der Waals surface area (Å²) in [4.78, 5) is 18.4. The number of carbonyl (C=O) groups excluding carboxylic acids is 1. The van der Waals surface area contributed by atoms with Crippen molar-refractivity contribution < 1.29 is 39.9 Å². The molecule has 1 unspecified atom stereocenters. The van der Waals surface area contributed by atoms with Gasteiger partial charge in [-0.15, -0.1) is 0 Å². The van der Waals surface area contributed by atoms with E-state index in [4.69, 9.17) is 30.3 Å². The van der Waals surface area contributed by atoms with E-state index >= 15 is 0 Å². The number of aliphatic hydroxyl groups excluding tert-OH is 4. The summed E-state index contributed by atoms with van der Waals surface area (Å²) in [6.07, 6.45) is -8.72. The smallest absolute Gasteiger partial charge is 0.335 e. The molecule has 0 aromatic rings. The van der Waals surface area contributed by atoms with E-state index in [1.807, 2.05) is 6.79 Å². The number of aliphatic hydroxyl groups is 4. The van der Waals surface area contributed by atoms with Crippen LogP contribution in [-0.2, 0) is 14.3 Å². The number of hydrogen-bond donors (Lipinski definition) is 5. The molecule has 0 amide bonds. The molecule has 1 saturated heterocycles. The fraction of sp³-hybridized carbons (Fsp3) is 0.714. The van der Waals surface area contributed by atoms with Crippen LogP contribution in [0.15, 0.2) is 0 Å². The first-order valence-corrected chi connectivity index (χ1v) is 3.84. The van der Waals surface area contributed by atoms with Crippen LogP contribution >= 0.6 is 0 Å². The molecule has 0 bridgehead atoms. The average Bonchev–Trinajstić information content (AvgIpc) is 2.23. The lowest BCUT2D eigenvalue weighted by Gasteiger charge is -2.36. The molecular formula is C7H12O8. The van der Waals surface area contributed by atoms with Gasteiger partial charge in [0, 0.05) is 0 Å². The van der Waals surface area contributed by atoms with E-state index in [1.54, 1.807) is 0 Å². The maximum absolute atomic E-state index is 10.4. The highest BCUT2D eigenvalue weighted by molar-refractivity contribution is 5.73. The van der Waals surface area contributed by atoms with Crippen molar-refractivity contribution in [3.05, 3.63) is 0 Å². The van der Waals surface area contributed by atoms with Gasteiger partial charge in [-0.25, -0.2) is 4.79 Å². The second kappa shape index (κ2) is 5.73. The third kappa shape index (κ3) is 2.94. The van der Waals surface area contributed by atoms with Crippen molar-refractivity contribution in [1.82, 2.24) is 0 Å². The van der Waals surface area contributed by atoms with Crippen LogP contribution in [-0.4, -0.2) is 69.0 Å². The van der Waals surface area contributed by atoms with E-state index in [2.05, 4.69) is 4.74 Å². The number of carbonyl (C=O) groups is 2. The SMILES string of the molecule is C=O.O=C(O)[C@H]1OC(O)[C@H](O)[C@@H](O)[C@@H]1O. The first-order valence-electron chi connectivity index (χ1n) is 3.84. The van der Waals surface area contributed by atoms with Crippen molar-refractivity contribution >= 4 is 12.8 Å². The van der Waals surface area contributed by atoms with Gasteiger partial charge in [-0.3, -0.25) is 0 Å². The van der Waals surface area contributed by atoms with Crippen molar-refractivity contribution in [3.63, 3.8) is 0 Å². The Morgan fingerprint density at radius 3 is 1.87 bits per heavy atom. The standard InChI is InChI=1S/C6H10O7.CH2O/c7-1-2(8)4(5(10)11)13-6(12)3(1)9;1-2/h1-4,6-9,12H,(H,10,11);1H2/t1-,2-,3+,4-,6?;/m0./s1. The van der Waals surface area contributed by atoms with E-state index in [0.717, 1.165) is 0 Å². The minimum Gasteiger partial charge on any atom is -0.479 e. The second-order valence-electron chi connectivity index (χ2n) is 2.76. The Hall–Kier alpha value is -1.06. The van der Waals surface area contributed by atoms with Crippen LogP contribution in [0.4, 0.5) is 0 Å². The van der Waals surface area contributed by atoms with E-state index in [1.165, 1.54) is 0 Å². The molecule has 0 aliphatic carbocycles. The lowest BCUT2D eigenvalue weighted by atomic mass is 9.99. The quantitative estimate of drug-likeness (QED) is 0.311. The third-order valence-corrected chi connectivity index (χ3v) is 1.83. The summed E-state index contributed by atoms with van der Waals surface area (Å²) in [6, 6.07) is 0. The lowest BCUT2D eigenvalue weighted by molar-refractivity contribution is -0.279. The number of aliphatic carboxylic acids is 1. The highest BCUT2D eigenvalue weighted by atomic mass is 16.6. The molecule has 1 aliphatic heterocycles. The van der Waals surface area contributed by atoms with E-state index < -0.39 is 36.7 Å². The molecule has 0 saturated carbocycles. The minimum absolute atomic E-state index is 1.52. The number of rotatable bonds is 1. The zero-order valence-corrected chi connectivity index (χ0v) is 7.55. The minimum atomic E-state index is -1.81. The largest absolute Gasteiger partial charge is 0.479 e. The predicted molar refractivity (Wildman–Crippen MR) is 43.7 cm³/mol. The van der Waals surface area contributed by atoms with Gasteiger partial charge in [0.25, 0.3) is 0 Å². The number of ether oxygens (including phenoxy) is 1. The lowest BCUT2D eigenvalue weighted by Crippen LogP contribution is -2.59. The fourth-order valence-corrected chi connectivity index (χ4v) is 1.07. The number of carboxylic acids is 1. The third-order valence-electron chi connectivity index (χ3n) is 1.83. The highest BCUT2D eigenvalue weighted by Gasteiger charge is 2.46. The van der Waals surface area contributed by atoms with Crippen LogP contribution in [0, 0.1) is 0 Å². The molecule has 1 heterocycles. The van der Waals surface area contributed by atoms with Crippen LogP contribution in [0.25, 0.3) is 0 Å². The molecule has 5 atom stereocenters. The van der Waals surface area contributed by atoms with Gasteiger partial charge >= 0.3 is 5.97 Å². The highest BCUT2D eigenvalue weighted by Crippen LogP contribution is 2.19. The Morgan fingerprint density at radius 2 is 1.47 bits per heavy atom. The molecule has 88 valence electrons. The maximum Gasteiger partial charge on any atom is 0.335 e. The molecular weight excluding hydrogens is 212 g/mol.